The molecule has 1 aromatic carbocycles. The first-order valence-electron chi connectivity index (χ1n) is 10.4. The molecule has 1 aliphatic heterocycles. The van der Waals surface area contributed by atoms with Crippen LogP contribution in [0.1, 0.15) is 39.3 Å². The van der Waals surface area contributed by atoms with E-state index in [1.807, 2.05) is 38.4 Å². The first-order valence-corrected chi connectivity index (χ1v) is 10.4. The third-order valence-corrected chi connectivity index (χ3v) is 5.53. The smallest absolute Gasteiger partial charge is 0.314 e. The van der Waals surface area contributed by atoms with E-state index < -0.39 is 0 Å². The van der Waals surface area contributed by atoms with Crippen molar-refractivity contribution in [2.45, 2.75) is 51.5 Å². The van der Waals surface area contributed by atoms with Crippen LogP contribution >= 0.6 is 0 Å². The van der Waals surface area contributed by atoms with Gasteiger partial charge in [0.15, 0.2) is 0 Å². The Hall–Kier alpha value is -1.83. The summed E-state index contributed by atoms with van der Waals surface area (Å²) >= 11 is 0. The van der Waals surface area contributed by atoms with Gasteiger partial charge in [-0.25, -0.2) is 4.79 Å². The Labute approximate surface area is 175 Å². The van der Waals surface area contributed by atoms with Gasteiger partial charge in [-0.1, -0.05) is 18.2 Å². The van der Waals surface area contributed by atoms with Crippen molar-refractivity contribution in [1.29, 1.82) is 0 Å². The molecule has 3 atom stereocenters. The molecule has 7 nitrogen and oxygen atoms in total. The Balaban J connectivity index is 1.90. The minimum atomic E-state index is -0.158. The van der Waals surface area contributed by atoms with Crippen molar-refractivity contribution in [1.82, 2.24) is 20.4 Å². The normalized spacial score (nSPS) is 21.7. The maximum atomic E-state index is 12.5. The summed E-state index contributed by atoms with van der Waals surface area (Å²) in [6.07, 6.45) is 0.405. The highest BCUT2D eigenvalue weighted by molar-refractivity contribution is 5.74. The molecular weight excluding hydrogens is 368 g/mol. The zero-order valence-corrected chi connectivity index (χ0v) is 19.0. The molecule has 7 heteroatoms. The van der Waals surface area contributed by atoms with E-state index in [0.29, 0.717) is 13.1 Å². The van der Waals surface area contributed by atoms with Crippen molar-refractivity contribution in [3.05, 3.63) is 29.8 Å². The topological polar surface area (TPSA) is 66.1 Å². The van der Waals surface area contributed by atoms with E-state index in [9.17, 15) is 4.79 Å². The number of methoxy groups -OCH3 is 1. The average Bonchev–Trinajstić information content (AvgIpc) is 2.66. The van der Waals surface area contributed by atoms with Crippen LogP contribution < -0.4 is 15.4 Å². The Morgan fingerprint density at radius 1 is 1.24 bits per heavy atom. The fourth-order valence-electron chi connectivity index (χ4n) is 3.84. The van der Waals surface area contributed by atoms with Crippen molar-refractivity contribution in [3.8, 4) is 5.75 Å². The van der Waals surface area contributed by atoms with Crippen LogP contribution in [-0.2, 0) is 4.74 Å². The zero-order valence-electron chi connectivity index (χ0n) is 19.0. The van der Waals surface area contributed by atoms with E-state index in [0.717, 1.165) is 24.4 Å². The molecule has 0 saturated carbocycles. The molecule has 1 aromatic rings. The van der Waals surface area contributed by atoms with E-state index in [4.69, 9.17) is 9.47 Å². The standard InChI is InChI=1S/C22H38N4O3/c1-16-13-26(14-17(2)29-16)22(3,4)15-24-21(27)23-12-19(25(5)6)18-10-8-9-11-20(18)28-7/h8-11,16-17,19H,12-15H2,1-7H3,(H2,23,24,27). The summed E-state index contributed by atoms with van der Waals surface area (Å²) in [5, 5.41) is 6.06. The summed E-state index contributed by atoms with van der Waals surface area (Å²) in [7, 11) is 5.67. The molecule has 2 N–H and O–H groups in total. The number of para-hydroxylation sites is 1. The number of urea groups is 1. The second kappa shape index (κ2) is 10.3. The summed E-state index contributed by atoms with van der Waals surface area (Å²) in [4.78, 5) is 17.0. The van der Waals surface area contributed by atoms with Gasteiger partial charge in [0, 0.05) is 37.3 Å². The van der Waals surface area contributed by atoms with E-state index in [1.165, 1.54) is 0 Å². The third kappa shape index (κ3) is 6.59. The van der Waals surface area contributed by atoms with Crippen molar-refractivity contribution < 1.29 is 14.3 Å². The highest BCUT2D eigenvalue weighted by Crippen LogP contribution is 2.27. The van der Waals surface area contributed by atoms with Gasteiger partial charge in [-0.05, 0) is 47.9 Å². The van der Waals surface area contributed by atoms with Crippen LogP contribution in [0.2, 0.25) is 0 Å². The molecule has 3 unspecified atom stereocenters. The molecule has 1 heterocycles. The maximum Gasteiger partial charge on any atom is 0.314 e. The Kier molecular flexibility index (Phi) is 8.31. The number of carbonyl (C=O) groups excluding carboxylic acids is 1. The largest absolute Gasteiger partial charge is 0.496 e. The SMILES string of the molecule is COc1ccccc1C(CNC(=O)NCC(C)(C)N1CC(C)OC(C)C1)N(C)C. The van der Waals surface area contributed by atoms with Crippen LogP contribution in [-0.4, -0.2) is 81.0 Å². The second-order valence-corrected chi connectivity index (χ2v) is 8.76. The molecule has 0 aromatic heterocycles. The predicted molar refractivity (Wildman–Crippen MR) is 116 cm³/mol. The summed E-state index contributed by atoms with van der Waals surface area (Å²) < 4.78 is 11.3. The van der Waals surface area contributed by atoms with Crippen LogP contribution in [0, 0.1) is 0 Å². The number of nitrogens with zero attached hydrogens (tertiary/aromatic N) is 2. The molecule has 2 amide bonds. The number of carbonyl (C=O) groups is 1. The van der Waals surface area contributed by atoms with Gasteiger partial charge in [-0.3, -0.25) is 4.90 Å². The molecule has 1 aliphatic rings. The molecule has 0 aliphatic carbocycles. The summed E-state index contributed by atoms with van der Waals surface area (Å²) in [6, 6.07) is 7.78. The Morgan fingerprint density at radius 3 is 2.45 bits per heavy atom. The molecule has 0 spiro atoms. The van der Waals surface area contributed by atoms with Crippen molar-refractivity contribution in [2.24, 2.45) is 0 Å². The number of hydrogen-bond donors (Lipinski definition) is 2. The number of hydrogen-bond acceptors (Lipinski definition) is 5. The lowest BCUT2D eigenvalue weighted by Crippen LogP contribution is -2.59. The minimum Gasteiger partial charge on any atom is -0.496 e. The number of amides is 2. The number of benzene rings is 1. The number of morpholine rings is 1. The molecule has 2 rings (SSSR count). The van der Waals surface area contributed by atoms with Crippen molar-refractivity contribution in [2.75, 3.05) is 47.4 Å². The zero-order chi connectivity index (χ0) is 21.6. The minimum absolute atomic E-state index is 0.0193. The van der Waals surface area contributed by atoms with Crippen LogP contribution in [0.25, 0.3) is 0 Å². The van der Waals surface area contributed by atoms with Crippen LogP contribution in [0.5, 0.6) is 5.75 Å². The van der Waals surface area contributed by atoms with Gasteiger partial charge in [0.1, 0.15) is 5.75 Å². The van der Waals surface area contributed by atoms with Crippen molar-refractivity contribution >= 4 is 6.03 Å². The van der Waals surface area contributed by atoms with Crippen LogP contribution in [0.4, 0.5) is 4.79 Å². The van der Waals surface area contributed by atoms with Gasteiger partial charge in [0.2, 0.25) is 0 Å². The highest BCUT2D eigenvalue weighted by Gasteiger charge is 2.33. The molecule has 29 heavy (non-hydrogen) atoms. The fourth-order valence-corrected chi connectivity index (χ4v) is 3.84. The van der Waals surface area contributed by atoms with E-state index in [1.54, 1.807) is 7.11 Å². The lowest BCUT2D eigenvalue weighted by Gasteiger charge is -2.45. The van der Waals surface area contributed by atoms with Crippen LogP contribution in [0.3, 0.4) is 0 Å². The summed E-state index contributed by atoms with van der Waals surface area (Å²) in [6.45, 7) is 11.3. The molecular formula is C22H38N4O3. The fraction of sp³-hybridized carbons (Fsp3) is 0.682. The highest BCUT2D eigenvalue weighted by atomic mass is 16.5. The van der Waals surface area contributed by atoms with E-state index in [2.05, 4.69) is 48.1 Å². The lowest BCUT2D eigenvalue weighted by molar-refractivity contribution is -0.0947. The molecule has 0 radical (unpaired) electrons. The number of ether oxygens (including phenoxy) is 2. The molecule has 1 fully saturated rings. The van der Waals surface area contributed by atoms with Gasteiger partial charge in [0.05, 0.1) is 25.4 Å². The number of likely N-dealkylation sites (N-methyl/N-ethyl adjacent to an activating group) is 1. The van der Waals surface area contributed by atoms with Gasteiger partial charge in [-0.2, -0.15) is 0 Å². The van der Waals surface area contributed by atoms with Gasteiger partial charge < -0.3 is 25.0 Å². The quantitative estimate of drug-likeness (QED) is 0.694. The Bertz CT molecular complexity index is 655. The molecule has 164 valence electrons. The number of nitrogens with one attached hydrogen (secondary N) is 2. The van der Waals surface area contributed by atoms with E-state index in [-0.39, 0.29) is 29.8 Å². The monoisotopic (exact) mass is 406 g/mol. The summed E-state index contributed by atoms with van der Waals surface area (Å²) in [5.74, 6) is 0.824. The first kappa shape index (κ1) is 23.4. The van der Waals surface area contributed by atoms with Crippen molar-refractivity contribution in [3.63, 3.8) is 0 Å². The Morgan fingerprint density at radius 2 is 1.86 bits per heavy atom. The molecule has 0 bridgehead atoms. The van der Waals surface area contributed by atoms with Gasteiger partial charge in [-0.15, -0.1) is 0 Å². The summed E-state index contributed by atoms with van der Waals surface area (Å²) in [5.41, 5.74) is 0.907. The van der Waals surface area contributed by atoms with Gasteiger partial charge >= 0.3 is 6.03 Å². The maximum absolute atomic E-state index is 12.5. The van der Waals surface area contributed by atoms with E-state index >= 15 is 0 Å². The third-order valence-electron chi connectivity index (χ3n) is 5.53. The second-order valence-electron chi connectivity index (χ2n) is 8.76. The van der Waals surface area contributed by atoms with Crippen LogP contribution in [0.15, 0.2) is 24.3 Å². The average molecular weight is 407 g/mol. The number of rotatable bonds is 8. The van der Waals surface area contributed by atoms with Gasteiger partial charge in [0.25, 0.3) is 0 Å². The predicted octanol–water partition coefficient (Wildman–Crippen LogP) is 2.48. The molecule has 1 saturated heterocycles. The lowest BCUT2D eigenvalue weighted by atomic mass is 10.00. The first-order chi connectivity index (χ1) is 13.6.